The molecule has 0 aromatic heterocycles. The van der Waals surface area contributed by atoms with Gasteiger partial charge in [0.15, 0.2) is 0 Å². The maximum absolute atomic E-state index is 10.00. The second kappa shape index (κ2) is 7.77. The molecule has 1 aromatic carbocycles. The van der Waals surface area contributed by atoms with Gasteiger partial charge in [0.25, 0.3) is 0 Å². The van der Waals surface area contributed by atoms with Crippen molar-refractivity contribution >= 4 is 0 Å². The SMILES string of the molecule is [Na+].[O-]CCOCc1ccccc1. The number of benzene rings is 1. The molecule has 3 heteroatoms. The van der Waals surface area contributed by atoms with Crippen LogP contribution in [0.15, 0.2) is 30.3 Å². The van der Waals surface area contributed by atoms with Crippen molar-refractivity contribution in [2.45, 2.75) is 6.61 Å². The maximum Gasteiger partial charge on any atom is 1.00 e. The number of rotatable bonds is 4. The summed E-state index contributed by atoms with van der Waals surface area (Å²) in [7, 11) is 0. The third-order valence-corrected chi connectivity index (χ3v) is 1.34. The number of hydrogen-bond donors (Lipinski definition) is 0. The van der Waals surface area contributed by atoms with Crippen molar-refractivity contribution in [2.24, 2.45) is 0 Å². The first-order chi connectivity index (χ1) is 5.43. The van der Waals surface area contributed by atoms with Crippen molar-refractivity contribution in [3.05, 3.63) is 35.9 Å². The van der Waals surface area contributed by atoms with Crippen molar-refractivity contribution in [1.82, 2.24) is 0 Å². The standard InChI is InChI=1S/C9H11O2.Na/c10-6-7-11-8-9-4-2-1-3-5-9;/h1-5H,6-8H2;/q-1;+1. The van der Waals surface area contributed by atoms with Crippen molar-refractivity contribution in [3.63, 3.8) is 0 Å². The van der Waals surface area contributed by atoms with E-state index >= 15 is 0 Å². The van der Waals surface area contributed by atoms with E-state index in [2.05, 4.69) is 0 Å². The zero-order chi connectivity index (χ0) is 7.94. The van der Waals surface area contributed by atoms with E-state index in [0.29, 0.717) is 13.2 Å². The molecule has 0 spiro atoms. The Balaban J connectivity index is 0.00000121. The van der Waals surface area contributed by atoms with E-state index in [0.717, 1.165) is 5.56 Å². The van der Waals surface area contributed by atoms with Crippen LogP contribution < -0.4 is 34.7 Å². The average molecular weight is 174 g/mol. The molecule has 60 valence electrons. The van der Waals surface area contributed by atoms with Gasteiger partial charge in [-0.05, 0) is 5.56 Å². The summed E-state index contributed by atoms with van der Waals surface area (Å²) >= 11 is 0. The van der Waals surface area contributed by atoms with Crippen LogP contribution in [0.3, 0.4) is 0 Å². The predicted molar refractivity (Wildman–Crippen MR) is 41.0 cm³/mol. The van der Waals surface area contributed by atoms with Crippen LogP contribution >= 0.6 is 0 Å². The molecule has 1 rings (SSSR count). The molecule has 0 saturated carbocycles. The largest absolute Gasteiger partial charge is 1.00 e. The molecule has 0 aliphatic heterocycles. The second-order valence-corrected chi connectivity index (χ2v) is 2.24. The van der Waals surface area contributed by atoms with Crippen molar-refractivity contribution in [3.8, 4) is 0 Å². The van der Waals surface area contributed by atoms with Crippen molar-refractivity contribution in [1.29, 1.82) is 0 Å². The van der Waals surface area contributed by atoms with E-state index in [9.17, 15) is 5.11 Å². The first kappa shape index (κ1) is 12.1. The van der Waals surface area contributed by atoms with Gasteiger partial charge >= 0.3 is 29.6 Å². The van der Waals surface area contributed by atoms with Gasteiger partial charge in [-0.2, -0.15) is 0 Å². The Morgan fingerprint density at radius 3 is 2.42 bits per heavy atom. The zero-order valence-corrected chi connectivity index (χ0v) is 9.32. The van der Waals surface area contributed by atoms with Crippen LogP contribution in [0.4, 0.5) is 0 Å². The third-order valence-electron chi connectivity index (χ3n) is 1.34. The smallest absolute Gasteiger partial charge is 0.853 e. The van der Waals surface area contributed by atoms with E-state index in [4.69, 9.17) is 4.74 Å². The summed E-state index contributed by atoms with van der Waals surface area (Å²) in [4.78, 5) is 0. The van der Waals surface area contributed by atoms with E-state index in [-0.39, 0.29) is 36.2 Å². The molecular formula is C9H11NaO2. The zero-order valence-electron chi connectivity index (χ0n) is 7.32. The molecule has 0 radical (unpaired) electrons. The Labute approximate surface area is 94.8 Å². The molecule has 0 saturated heterocycles. The normalized spacial score (nSPS) is 9.08. The van der Waals surface area contributed by atoms with E-state index in [1.807, 2.05) is 30.3 Å². The van der Waals surface area contributed by atoms with Crippen LogP contribution in [-0.4, -0.2) is 13.2 Å². The summed E-state index contributed by atoms with van der Waals surface area (Å²) in [5, 5.41) is 10.00. The van der Waals surface area contributed by atoms with Gasteiger partial charge in [0.2, 0.25) is 0 Å². The maximum atomic E-state index is 10.00. The summed E-state index contributed by atoms with van der Waals surface area (Å²) in [5.74, 6) is 0. The Kier molecular flexibility index (Phi) is 7.86. The Hall–Kier alpha value is 0.140. The summed E-state index contributed by atoms with van der Waals surface area (Å²) < 4.78 is 5.06. The van der Waals surface area contributed by atoms with Gasteiger partial charge < -0.3 is 9.84 Å². The molecular weight excluding hydrogens is 163 g/mol. The molecule has 0 atom stereocenters. The van der Waals surface area contributed by atoms with Crippen LogP contribution in [0.2, 0.25) is 0 Å². The first-order valence-corrected chi connectivity index (χ1v) is 3.63. The molecule has 0 aliphatic carbocycles. The minimum Gasteiger partial charge on any atom is -0.853 e. The van der Waals surface area contributed by atoms with Crippen LogP contribution in [-0.2, 0) is 11.3 Å². The van der Waals surface area contributed by atoms with Crippen molar-refractivity contribution in [2.75, 3.05) is 13.2 Å². The van der Waals surface area contributed by atoms with Crippen LogP contribution in [0, 0.1) is 0 Å². The third kappa shape index (κ3) is 4.91. The Morgan fingerprint density at radius 1 is 1.17 bits per heavy atom. The van der Waals surface area contributed by atoms with Gasteiger partial charge in [-0.25, -0.2) is 0 Å². The Morgan fingerprint density at radius 2 is 1.83 bits per heavy atom. The van der Waals surface area contributed by atoms with Crippen LogP contribution in [0.5, 0.6) is 0 Å². The number of hydrogen-bond acceptors (Lipinski definition) is 2. The second-order valence-electron chi connectivity index (χ2n) is 2.24. The van der Waals surface area contributed by atoms with Crippen LogP contribution in [0.25, 0.3) is 0 Å². The molecule has 0 fully saturated rings. The minimum absolute atomic E-state index is 0. The summed E-state index contributed by atoms with van der Waals surface area (Å²) in [6.45, 7) is 0.685. The fourth-order valence-electron chi connectivity index (χ4n) is 0.823. The Bertz CT molecular complexity index is 189. The molecule has 0 bridgehead atoms. The monoisotopic (exact) mass is 174 g/mol. The molecule has 0 amide bonds. The molecule has 0 aliphatic rings. The van der Waals surface area contributed by atoms with E-state index in [1.165, 1.54) is 0 Å². The fourth-order valence-corrected chi connectivity index (χ4v) is 0.823. The number of ether oxygens (including phenoxy) is 1. The summed E-state index contributed by atoms with van der Waals surface area (Å²) in [6, 6.07) is 9.82. The molecule has 12 heavy (non-hydrogen) atoms. The predicted octanol–water partition coefficient (Wildman–Crippen LogP) is -2.43. The average Bonchev–Trinajstić information content (AvgIpc) is 2.07. The minimum atomic E-state index is -0.160. The summed E-state index contributed by atoms with van der Waals surface area (Å²) in [6.07, 6.45) is 0. The van der Waals surface area contributed by atoms with Gasteiger partial charge in [-0.3, -0.25) is 0 Å². The summed E-state index contributed by atoms with van der Waals surface area (Å²) in [5.41, 5.74) is 1.11. The van der Waals surface area contributed by atoms with Crippen molar-refractivity contribution < 1.29 is 39.4 Å². The van der Waals surface area contributed by atoms with Gasteiger partial charge in [-0.1, -0.05) is 30.3 Å². The molecule has 0 N–H and O–H groups in total. The fraction of sp³-hybridized carbons (Fsp3) is 0.333. The quantitative estimate of drug-likeness (QED) is 0.375. The van der Waals surface area contributed by atoms with E-state index < -0.39 is 0 Å². The topological polar surface area (TPSA) is 32.3 Å². The van der Waals surface area contributed by atoms with Gasteiger partial charge in [0.05, 0.1) is 6.61 Å². The van der Waals surface area contributed by atoms with Gasteiger partial charge in [0, 0.05) is 6.61 Å². The molecule has 0 heterocycles. The molecule has 2 nitrogen and oxygen atoms in total. The van der Waals surface area contributed by atoms with Gasteiger partial charge in [0.1, 0.15) is 0 Å². The first-order valence-electron chi connectivity index (χ1n) is 3.63. The van der Waals surface area contributed by atoms with Gasteiger partial charge in [-0.15, -0.1) is 6.61 Å². The van der Waals surface area contributed by atoms with Crippen LogP contribution in [0.1, 0.15) is 5.56 Å². The molecule has 1 aromatic rings. The molecule has 0 unspecified atom stereocenters. The van der Waals surface area contributed by atoms with E-state index in [1.54, 1.807) is 0 Å².